The van der Waals surface area contributed by atoms with Gasteiger partial charge in [0.15, 0.2) is 0 Å². The van der Waals surface area contributed by atoms with Crippen LogP contribution >= 0.6 is 0 Å². The van der Waals surface area contributed by atoms with E-state index in [1.165, 1.54) is 42.3 Å². The second kappa shape index (κ2) is 10.4. The molecule has 3 aromatic rings. The SMILES string of the molecule is CN(C)C(=O)CN(C)S(=O)(=O)c1ccc(NC(=C2C(=O)Nc3ccc([N+](=O)[O-])cc32)c2ccccc2)cc1. The smallest absolute Gasteiger partial charge is 0.270 e. The van der Waals surface area contributed by atoms with Gasteiger partial charge >= 0.3 is 0 Å². The second-order valence-corrected chi connectivity index (χ2v) is 10.8. The van der Waals surface area contributed by atoms with Crippen molar-refractivity contribution in [1.29, 1.82) is 0 Å². The monoisotopic (exact) mass is 535 g/mol. The number of rotatable bonds is 8. The summed E-state index contributed by atoms with van der Waals surface area (Å²) in [6, 6.07) is 19.0. The van der Waals surface area contributed by atoms with Crippen LogP contribution in [-0.4, -0.2) is 62.0 Å². The van der Waals surface area contributed by atoms with E-state index in [2.05, 4.69) is 10.6 Å². The lowest BCUT2D eigenvalue weighted by molar-refractivity contribution is -0.384. The van der Waals surface area contributed by atoms with Crippen LogP contribution in [0.15, 0.2) is 77.7 Å². The van der Waals surface area contributed by atoms with Crippen molar-refractivity contribution in [2.75, 3.05) is 38.3 Å². The molecule has 0 fully saturated rings. The summed E-state index contributed by atoms with van der Waals surface area (Å²) in [4.78, 5) is 37.1. The predicted molar refractivity (Wildman–Crippen MR) is 144 cm³/mol. The summed E-state index contributed by atoms with van der Waals surface area (Å²) < 4.78 is 26.9. The summed E-state index contributed by atoms with van der Waals surface area (Å²) in [5.74, 6) is -0.790. The maximum atomic E-state index is 13.0. The Morgan fingerprint density at radius 2 is 1.66 bits per heavy atom. The van der Waals surface area contributed by atoms with E-state index in [-0.39, 0.29) is 28.6 Å². The van der Waals surface area contributed by atoms with Crippen LogP contribution in [-0.2, 0) is 19.6 Å². The third-order valence-electron chi connectivity index (χ3n) is 5.96. The molecule has 0 saturated heterocycles. The quantitative estimate of drug-likeness (QED) is 0.256. The fourth-order valence-electron chi connectivity index (χ4n) is 3.85. The molecule has 11 nitrogen and oxygen atoms in total. The minimum atomic E-state index is -3.92. The van der Waals surface area contributed by atoms with Crippen molar-refractivity contribution in [2.45, 2.75) is 4.90 Å². The number of fused-ring (bicyclic) bond motifs is 1. The number of likely N-dealkylation sites (N-methyl/N-ethyl adjacent to an activating group) is 2. The van der Waals surface area contributed by atoms with Gasteiger partial charge in [0.1, 0.15) is 0 Å². The van der Waals surface area contributed by atoms with E-state index in [1.54, 1.807) is 50.5 Å². The van der Waals surface area contributed by atoms with Gasteiger partial charge in [0.25, 0.3) is 11.6 Å². The number of non-ortho nitro benzene ring substituents is 1. The van der Waals surface area contributed by atoms with Crippen LogP contribution in [0.25, 0.3) is 11.3 Å². The van der Waals surface area contributed by atoms with Crippen LogP contribution in [0.2, 0.25) is 0 Å². The van der Waals surface area contributed by atoms with E-state index >= 15 is 0 Å². The Kier molecular flexibility index (Phi) is 7.28. The molecule has 2 N–H and O–H groups in total. The number of nitrogens with zero attached hydrogens (tertiary/aromatic N) is 3. The molecule has 3 aromatic carbocycles. The van der Waals surface area contributed by atoms with Crippen molar-refractivity contribution in [1.82, 2.24) is 9.21 Å². The fraction of sp³-hybridized carbons (Fsp3) is 0.154. The van der Waals surface area contributed by atoms with Gasteiger partial charge in [-0.15, -0.1) is 0 Å². The zero-order valence-electron chi connectivity index (χ0n) is 20.8. The number of nitrogens with one attached hydrogen (secondary N) is 2. The van der Waals surface area contributed by atoms with Crippen molar-refractivity contribution < 1.29 is 22.9 Å². The molecule has 0 saturated carbocycles. The first-order valence-corrected chi connectivity index (χ1v) is 12.9. The number of carbonyl (C=O) groups is 2. The zero-order valence-corrected chi connectivity index (χ0v) is 21.7. The Hall–Kier alpha value is -4.55. The minimum absolute atomic E-state index is 0.00870. The lowest BCUT2D eigenvalue weighted by Gasteiger charge is -2.19. The largest absolute Gasteiger partial charge is 0.354 e. The van der Waals surface area contributed by atoms with Gasteiger partial charge in [-0.25, -0.2) is 8.42 Å². The van der Waals surface area contributed by atoms with Crippen LogP contribution in [0.5, 0.6) is 0 Å². The Bertz CT molecular complexity index is 1550. The van der Waals surface area contributed by atoms with Gasteiger partial charge in [-0.2, -0.15) is 4.31 Å². The molecule has 12 heteroatoms. The zero-order chi connectivity index (χ0) is 27.6. The first-order valence-electron chi connectivity index (χ1n) is 11.4. The fourth-order valence-corrected chi connectivity index (χ4v) is 4.97. The standard InChI is InChI=1S/C26H25N5O6S/c1-29(2)23(32)16-30(3)38(36,37)20-12-9-18(10-13-20)27-25(17-7-5-4-6-8-17)24-21-15-19(31(34)35)11-14-22(21)28-26(24)33/h4-15,27H,16H2,1-3H3,(H,28,33). The number of nitro benzene ring substituents is 1. The van der Waals surface area contributed by atoms with Crippen LogP contribution < -0.4 is 10.6 Å². The van der Waals surface area contributed by atoms with E-state index in [9.17, 15) is 28.1 Å². The molecule has 4 rings (SSSR count). The number of hydrogen-bond donors (Lipinski definition) is 2. The average Bonchev–Trinajstić information content (AvgIpc) is 3.22. The van der Waals surface area contributed by atoms with E-state index in [4.69, 9.17) is 0 Å². The number of sulfonamides is 1. The highest BCUT2D eigenvalue weighted by Gasteiger charge is 2.30. The number of nitro groups is 1. The number of amides is 2. The molecule has 0 bridgehead atoms. The highest BCUT2D eigenvalue weighted by atomic mass is 32.2. The molecule has 0 atom stereocenters. The Morgan fingerprint density at radius 1 is 1.00 bits per heavy atom. The van der Waals surface area contributed by atoms with Crippen LogP contribution in [0.1, 0.15) is 11.1 Å². The summed E-state index contributed by atoms with van der Waals surface area (Å²) in [7, 11) is 0.495. The van der Waals surface area contributed by atoms with Crippen molar-refractivity contribution >= 4 is 50.2 Å². The molecule has 1 aliphatic heterocycles. The summed E-state index contributed by atoms with van der Waals surface area (Å²) >= 11 is 0. The second-order valence-electron chi connectivity index (χ2n) is 8.76. The van der Waals surface area contributed by atoms with Gasteiger partial charge in [-0.05, 0) is 35.9 Å². The lowest BCUT2D eigenvalue weighted by Crippen LogP contribution is -2.37. The number of benzene rings is 3. The molecule has 0 spiro atoms. The van der Waals surface area contributed by atoms with Gasteiger partial charge in [0.2, 0.25) is 15.9 Å². The van der Waals surface area contributed by atoms with Crippen LogP contribution in [0, 0.1) is 10.1 Å². The molecule has 0 aliphatic carbocycles. The summed E-state index contributed by atoms with van der Waals surface area (Å²) in [6.07, 6.45) is 0. The van der Waals surface area contributed by atoms with E-state index < -0.39 is 20.9 Å². The van der Waals surface area contributed by atoms with Gasteiger partial charge in [0, 0.05) is 50.2 Å². The summed E-state index contributed by atoms with van der Waals surface area (Å²) in [5.41, 5.74) is 2.41. The molecule has 1 aliphatic rings. The number of anilines is 2. The topological polar surface area (TPSA) is 142 Å². The Morgan fingerprint density at radius 3 is 2.26 bits per heavy atom. The maximum Gasteiger partial charge on any atom is 0.270 e. The van der Waals surface area contributed by atoms with Crippen LogP contribution in [0.4, 0.5) is 17.1 Å². The average molecular weight is 536 g/mol. The van der Waals surface area contributed by atoms with Gasteiger partial charge < -0.3 is 15.5 Å². The molecular weight excluding hydrogens is 510 g/mol. The summed E-state index contributed by atoms with van der Waals surface area (Å²) in [5, 5.41) is 17.3. The van der Waals surface area contributed by atoms with Crippen molar-refractivity contribution in [3.63, 3.8) is 0 Å². The predicted octanol–water partition coefficient (Wildman–Crippen LogP) is 3.24. The van der Waals surface area contributed by atoms with E-state index in [1.807, 2.05) is 6.07 Å². The highest BCUT2D eigenvalue weighted by molar-refractivity contribution is 7.89. The third-order valence-corrected chi connectivity index (χ3v) is 7.78. The van der Waals surface area contributed by atoms with E-state index in [0.29, 0.717) is 28.2 Å². The minimum Gasteiger partial charge on any atom is -0.354 e. The molecule has 2 amide bonds. The Balaban J connectivity index is 1.72. The van der Waals surface area contributed by atoms with Gasteiger partial charge in [0.05, 0.1) is 27.6 Å². The molecule has 38 heavy (non-hydrogen) atoms. The van der Waals surface area contributed by atoms with E-state index in [0.717, 1.165) is 4.31 Å². The maximum absolute atomic E-state index is 13.0. The van der Waals surface area contributed by atoms with Crippen molar-refractivity contribution in [3.8, 4) is 0 Å². The molecule has 0 unspecified atom stereocenters. The number of hydrogen-bond acceptors (Lipinski definition) is 7. The summed E-state index contributed by atoms with van der Waals surface area (Å²) in [6.45, 7) is -0.305. The van der Waals surface area contributed by atoms with Gasteiger partial charge in [-0.1, -0.05) is 30.3 Å². The molecule has 0 aromatic heterocycles. The molecular formula is C26H25N5O6S. The first-order chi connectivity index (χ1) is 18.0. The van der Waals surface area contributed by atoms with Crippen molar-refractivity contribution in [2.24, 2.45) is 0 Å². The van der Waals surface area contributed by atoms with Crippen molar-refractivity contribution in [3.05, 3.63) is 94.0 Å². The number of carbonyl (C=O) groups excluding carboxylic acids is 2. The lowest BCUT2D eigenvalue weighted by atomic mass is 9.99. The molecule has 196 valence electrons. The third kappa shape index (κ3) is 5.26. The molecule has 0 radical (unpaired) electrons. The molecule has 1 heterocycles. The normalized spacial score (nSPS) is 14.1. The highest BCUT2D eigenvalue weighted by Crippen LogP contribution is 2.39. The van der Waals surface area contributed by atoms with Gasteiger partial charge in [-0.3, -0.25) is 19.7 Å². The Labute approximate surface area is 219 Å². The van der Waals surface area contributed by atoms with Crippen LogP contribution in [0.3, 0.4) is 0 Å². The first kappa shape index (κ1) is 26.5.